The topological polar surface area (TPSA) is 45.8 Å². The average molecular weight is 290 g/mol. The molecule has 0 spiro atoms. The van der Waals surface area contributed by atoms with Crippen molar-refractivity contribution in [2.45, 2.75) is 6.18 Å². The van der Waals surface area contributed by atoms with Gasteiger partial charge in [0.1, 0.15) is 5.69 Å². The van der Waals surface area contributed by atoms with Gasteiger partial charge in [0.15, 0.2) is 0 Å². The maximum absolute atomic E-state index is 12.5. The van der Waals surface area contributed by atoms with E-state index in [9.17, 15) is 18.0 Å². The van der Waals surface area contributed by atoms with Crippen molar-refractivity contribution < 1.29 is 13.2 Å². The smallest absolute Gasteiger partial charge is 0.319 e. The predicted molar refractivity (Wildman–Crippen MR) is 72.8 cm³/mol. The third kappa shape index (κ3) is 2.52. The summed E-state index contributed by atoms with van der Waals surface area (Å²) >= 11 is 0. The zero-order valence-corrected chi connectivity index (χ0v) is 10.6. The van der Waals surface area contributed by atoms with E-state index in [1.165, 1.54) is 12.1 Å². The van der Waals surface area contributed by atoms with Crippen molar-refractivity contribution in [2.24, 2.45) is 0 Å². The lowest BCUT2D eigenvalue weighted by Crippen LogP contribution is -2.11. The van der Waals surface area contributed by atoms with Crippen LogP contribution in [0, 0.1) is 0 Å². The van der Waals surface area contributed by atoms with Gasteiger partial charge in [-0.1, -0.05) is 24.3 Å². The number of nitrogens with zero attached hydrogens (tertiary/aromatic N) is 1. The molecule has 0 aliphatic carbocycles. The summed E-state index contributed by atoms with van der Waals surface area (Å²) < 4.78 is 37.6. The van der Waals surface area contributed by atoms with E-state index in [1.54, 1.807) is 24.3 Å². The number of hydrogen-bond donors (Lipinski definition) is 1. The molecule has 0 aliphatic heterocycles. The zero-order chi connectivity index (χ0) is 15.0. The first-order chi connectivity index (χ1) is 9.95. The van der Waals surface area contributed by atoms with Crippen LogP contribution in [0.4, 0.5) is 13.2 Å². The van der Waals surface area contributed by atoms with Crippen LogP contribution < -0.4 is 5.56 Å². The molecular formula is C15H9F3N2O. The van der Waals surface area contributed by atoms with Crippen molar-refractivity contribution in [2.75, 3.05) is 0 Å². The summed E-state index contributed by atoms with van der Waals surface area (Å²) in [6, 6.07) is 11.3. The van der Waals surface area contributed by atoms with E-state index >= 15 is 0 Å². The highest BCUT2D eigenvalue weighted by Gasteiger charge is 2.30. The minimum atomic E-state index is -4.40. The van der Waals surface area contributed by atoms with Gasteiger partial charge in [-0.25, -0.2) is 4.98 Å². The van der Waals surface area contributed by atoms with Crippen LogP contribution in [0.15, 0.2) is 53.3 Å². The molecule has 2 aromatic carbocycles. The van der Waals surface area contributed by atoms with E-state index in [2.05, 4.69) is 9.97 Å². The van der Waals surface area contributed by atoms with Gasteiger partial charge in [0, 0.05) is 5.56 Å². The average Bonchev–Trinajstić information content (AvgIpc) is 2.46. The molecule has 0 saturated carbocycles. The molecule has 0 atom stereocenters. The zero-order valence-electron chi connectivity index (χ0n) is 10.6. The molecular weight excluding hydrogens is 281 g/mol. The minimum absolute atomic E-state index is 0.0995. The summed E-state index contributed by atoms with van der Waals surface area (Å²) in [4.78, 5) is 18.8. The van der Waals surface area contributed by atoms with Crippen molar-refractivity contribution in [1.29, 1.82) is 0 Å². The maximum Gasteiger partial charge on any atom is 0.416 e. The highest BCUT2D eigenvalue weighted by atomic mass is 19.4. The Labute approximate surface area is 117 Å². The first-order valence-corrected chi connectivity index (χ1v) is 6.12. The van der Waals surface area contributed by atoms with Gasteiger partial charge in [-0.05, 0) is 24.3 Å². The number of H-pyrrole nitrogens is 1. The van der Waals surface area contributed by atoms with E-state index in [1.807, 2.05) is 0 Å². The van der Waals surface area contributed by atoms with Crippen molar-refractivity contribution in [3.8, 4) is 11.3 Å². The Hall–Kier alpha value is -2.63. The predicted octanol–water partition coefficient (Wildman–Crippen LogP) is 3.61. The molecule has 0 aliphatic rings. The number of alkyl halides is 3. The lowest BCUT2D eigenvalue weighted by molar-refractivity contribution is -0.137. The van der Waals surface area contributed by atoms with Crippen LogP contribution in [0.3, 0.4) is 0 Å². The number of rotatable bonds is 1. The lowest BCUT2D eigenvalue weighted by Gasteiger charge is -2.07. The van der Waals surface area contributed by atoms with E-state index < -0.39 is 17.3 Å². The second-order valence-electron chi connectivity index (χ2n) is 4.51. The van der Waals surface area contributed by atoms with E-state index in [0.717, 1.165) is 12.1 Å². The lowest BCUT2D eigenvalue weighted by atomic mass is 10.1. The number of aromatic nitrogens is 2. The molecule has 106 valence electrons. The Kier molecular flexibility index (Phi) is 3.01. The molecule has 0 fully saturated rings. The molecule has 3 rings (SSSR count). The monoisotopic (exact) mass is 290 g/mol. The molecule has 1 N–H and O–H groups in total. The van der Waals surface area contributed by atoms with Crippen molar-refractivity contribution >= 4 is 11.0 Å². The van der Waals surface area contributed by atoms with Crippen LogP contribution in [-0.2, 0) is 6.18 Å². The van der Waals surface area contributed by atoms with Crippen LogP contribution in [0.5, 0.6) is 0 Å². The van der Waals surface area contributed by atoms with Crippen molar-refractivity contribution in [1.82, 2.24) is 9.97 Å². The summed E-state index contributed by atoms with van der Waals surface area (Å²) in [7, 11) is 0. The molecule has 0 saturated heterocycles. The van der Waals surface area contributed by atoms with Gasteiger partial charge in [0.05, 0.1) is 16.6 Å². The molecule has 0 radical (unpaired) electrons. The van der Waals surface area contributed by atoms with Gasteiger partial charge in [-0.2, -0.15) is 13.2 Å². The summed E-state index contributed by atoms with van der Waals surface area (Å²) in [6.45, 7) is 0. The molecule has 1 aromatic heterocycles. The molecule has 3 aromatic rings. The van der Waals surface area contributed by atoms with Crippen LogP contribution in [0.2, 0.25) is 0 Å². The highest BCUT2D eigenvalue weighted by molar-refractivity contribution is 5.76. The number of benzene rings is 2. The molecule has 3 nitrogen and oxygen atoms in total. The van der Waals surface area contributed by atoms with Crippen molar-refractivity contribution in [3.05, 3.63) is 64.4 Å². The van der Waals surface area contributed by atoms with Crippen LogP contribution in [0.1, 0.15) is 5.56 Å². The van der Waals surface area contributed by atoms with Gasteiger partial charge >= 0.3 is 6.18 Å². The fourth-order valence-corrected chi connectivity index (χ4v) is 2.04. The molecule has 1 heterocycles. The Morgan fingerprint density at radius 3 is 2.29 bits per heavy atom. The number of hydrogen-bond acceptors (Lipinski definition) is 2. The van der Waals surface area contributed by atoms with Crippen LogP contribution in [0.25, 0.3) is 22.3 Å². The number of nitrogens with one attached hydrogen (secondary N) is 1. The van der Waals surface area contributed by atoms with Gasteiger partial charge in [0.2, 0.25) is 0 Å². The standard InChI is InChI=1S/C15H9F3N2O/c16-15(17,18)10-7-5-9(6-8-10)13-14(21)20-12-4-2-1-3-11(12)19-13/h1-8H,(H,20,21). The SMILES string of the molecule is O=c1[nH]c2ccccc2nc1-c1ccc(C(F)(F)F)cc1. The van der Waals surface area contributed by atoms with Gasteiger partial charge in [-0.15, -0.1) is 0 Å². The quantitative estimate of drug-likeness (QED) is 0.744. The second-order valence-corrected chi connectivity index (χ2v) is 4.51. The fraction of sp³-hybridized carbons (Fsp3) is 0.0667. The van der Waals surface area contributed by atoms with Crippen LogP contribution in [-0.4, -0.2) is 9.97 Å². The Bertz CT molecular complexity index is 851. The third-order valence-corrected chi connectivity index (χ3v) is 3.09. The normalized spacial score (nSPS) is 11.8. The number of halogens is 3. The molecule has 0 bridgehead atoms. The van der Waals surface area contributed by atoms with Crippen LogP contribution >= 0.6 is 0 Å². The van der Waals surface area contributed by atoms with Gasteiger partial charge in [-0.3, -0.25) is 4.79 Å². The van der Waals surface area contributed by atoms with Crippen molar-refractivity contribution in [3.63, 3.8) is 0 Å². The second kappa shape index (κ2) is 4.73. The Morgan fingerprint density at radius 1 is 0.952 bits per heavy atom. The van der Waals surface area contributed by atoms with Gasteiger partial charge < -0.3 is 4.98 Å². The minimum Gasteiger partial charge on any atom is -0.319 e. The summed E-state index contributed by atoms with van der Waals surface area (Å²) in [5.74, 6) is 0. The fourth-order valence-electron chi connectivity index (χ4n) is 2.04. The largest absolute Gasteiger partial charge is 0.416 e. The molecule has 6 heteroatoms. The first-order valence-electron chi connectivity index (χ1n) is 6.12. The first kappa shape index (κ1) is 13.4. The van der Waals surface area contributed by atoms with E-state index in [4.69, 9.17) is 0 Å². The van der Waals surface area contributed by atoms with E-state index in [-0.39, 0.29) is 5.69 Å². The van der Waals surface area contributed by atoms with Gasteiger partial charge in [0.25, 0.3) is 5.56 Å². The summed E-state index contributed by atoms with van der Waals surface area (Å²) in [5, 5.41) is 0. The molecule has 0 unspecified atom stereocenters. The maximum atomic E-state index is 12.5. The van der Waals surface area contributed by atoms with E-state index in [0.29, 0.717) is 16.6 Å². The highest BCUT2D eigenvalue weighted by Crippen LogP contribution is 2.30. The third-order valence-electron chi connectivity index (χ3n) is 3.09. The molecule has 0 amide bonds. The Balaban J connectivity index is 2.12. The number of fused-ring (bicyclic) bond motifs is 1. The Morgan fingerprint density at radius 2 is 1.62 bits per heavy atom. The summed E-state index contributed by atoms with van der Waals surface area (Å²) in [5.41, 5.74) is 0.402. The molecule has 21 heavy (non-hydrogen) atoms. The summed E-state index contributed by atoms with van der Waals surface area (Å²) in [6.07, 6.45) is -4.40. The number of aromatic amines is 1. The number of para-hydroxylation sites is 2.